The zero-order chi connectivity index (χ0) is 14.1. The van der Waals surface area contributed by atoms with Gasteiger partial charge in [-0.2, -0.15) is 0 Å². The standard InChI is InChI=1S/C16H13Cl2NO/c1-2-7-20-10-19-15-5-3-11(17)8-13(15)14-9-12(18)4-6-16(14)19/h2-6,8-9H,1,7,10H2. The minimum atomic E-state index is 0.468. The number of halogens is 2. The van der Waals surface area contributed by atoms with Gasteiger partial charge in [0.2, 0.25) is 0 Å². The van der Waals surface area contributed by atoms with Gasteiger partial charge in [0, 0.05) is 20.8 Å². The average Bonchev–Trinajstić information content (AvgIpc) is 2.72. The zero-order valence-electron chi connectivity index (χ0n) is 10.8. The Hall–Kier alpha value is -1.48. The number of nitrogens with zero attached hydrogens (tertiary/aromatic N) is 1. The van der Waals surface area contributed by atoms with Crippen LogP contribution in [0.3, 0.4) is 0 Å². The van der Waals surface area contributed by atoms with Crippen molar-refractivity contribution in [2.75, 3.05) is 6.61 Å². The van der Waals surface area contributed by atoms with Crippen molar-refractivity contribution in [1.82, 2.24) is 4.57 Å². The third-order valence-electron chi connectivity index (χ3n) is 3.25. The van der Waals surface area contributed by atoms with E-state index in [0.29, 0.717) is 23.4 Å². The fraction of sp³-hybridized carbons (Fsp3) is 0.125. The van der Waals surface area contributed by atoms with E-state index in [0.717, 1.165) is 21.8 Å². The molecule has 0 N–H and O–H groups in total. The summed E-state index contributed by atoms with van der Waals surface area (Å²) >= 11 is 12.2. The highest BCUT2D eigenvalue weighted by Gasteiger charge is 2.11. The van der Waals surface area contributed by atoms with E-state index in [-0.39, 0.29) is 0 Å². The topological polar surface area (TPSA) is 14.2 Å². The molecule has 0 aliphatic carbocycles. The Labute approximate surface area is 127 Å². The smallest absolute Gasteiger partial charge is 0.123 e. The summed E-state index contributed by atoms with van der Waals surface area (Å²) in [5.41, 5.74) is 2.16. The van der Waals surface area contributed by atoms with Gasteiger partial charge in [-0.15, -0.1) is 6.58 Å². The molecule has 20 heavy (non-hydrogen) atoms. The van der Waals surface area contributed by atoms with Gasteiger partial charge in [-0.3, -0.25) is 0 Å². The molecular formula is C16H13Cl2NO. The van der Waals surface area contributed by atoms with Crippen LogP contribution in [-0.2, 0) is 11.5 Å². The number of ether oxygens (including phenoxy) is 1. The van der Waals surface area contributed by atoms with Gasteiger partial charge >= 0.3 is 0 Å². The average molecular weight is 306 g/mol. The first kappa shape index (κ1) is 13.5. The molecule has 2 nitrogen and oxygen atoms in total. The van der Waals surface area contributed by atoms with Gasteiger partial charge in [0.1, 0.15) is 6.73 Å². The number of benzene rings is 2. The zero-order valence-corrected chi connectivity index (χ0v) is 12.3. The number of fused-ring (bicyclic) bond motifs is 3. The molecule has 3 aromatic rings. The maximum Gasteiger partial charge on any atom is 0.123 e. The molecule has 1 heterocycles. The maximum absolute atomic E-state index is 6.11. The van der Waals surface area contributed by atoms with Gasteiger partial charge in [0.25, 0.3) is 0 Å². The van der Waals surface area contributed by atoms with Gasteiger partial charge < -0.3 is 9.30 Å². The third kappa shape index (κ3) is 2.31. The third-order valence-corrected chi connectivity index (χ3v) is 3.72. The van der Waals surface area contributed by atoms with E-state index >= 15 is 0 Å². The molecule has 102 valence electrons. The largest absolute Gasteiger partial charge is 0.357 e. The number of hydrogen-bond acceptors (Lipinski definition) is 1. The van der Waals surface area contributed by atoms with Gasteiger partial charge in [0.15, 0.2) is 0 Å². The van der Waals surface area contributed by atoms with Crippen LogP contribution in [0.5, 0.6) is 0 Å². The normalized spacial score (nSPS) is 11.3. The van der Waals surface area contributed by atoms with Crippen molar-refractivity contribution in [3.8, 4) is 0 Å². The lowest BCUT2D eigenvalue weighted by Crippen LogP contribution is -2.01. The fourth-order valence-electron chi connectivity index (χ4n) is 2.41. The summed E-state index contributed by atoms with van der Waals surface area (Å²) in [6.07, 6.45) is 1.74. The summed E-state index contributed by atoms with van der Waals surface area (Å²) in [6, 6.07) is 11.7. The Bertz CT molecular complexity index is 733. The van der Waals surface area contributed by atoms with Crippen LogP contribution in [0.25, 0.3) is 21.8 Å². The predicted octanol–water partition coefficient (Wildman–Crippen LogP) is 5.26. The highest BCUT2D eigenvalue weighted by Crippen LogP contribution is 2.32. The molecule has 4 heteroatoms. The van der Waals surface area contributed by atoms with Crippen molar-refractivity contribution >= 4 is 45.0 Å². The van der Waals surface area contributed by atoms with Gasteiger partial charge in [-0.1, -0.05) is 29.3 Å². The molecule has 1 aromatic heterocycles. The highest BCUT2D eigenvalue weighted by atomic mass is 35.5. The number of aromatic nitrogens is 1. The van der Waals surface area contributed by atoms with Crippen molar-refractivity contribution in [3.05, 3.63) is 59.1 Å². The van der Waals surface area contributed by atoms with Crippen molar-refractivity contribution in [3.63, 3.8) is 0 Å². The summed E-state index contributed by atoms with van der Waals surface area (Å²) < 4.78 is 7.69. The molecule has 0 aliphatic heterocycles. The Morgan fingerprint density at radius 3 is 2.05 bits per heavy atom. The van der Waals surface area contributed by atoms with Gasteiger partial charge in [0.05, 0.1) is 17.6 Å². The summed E-state index contributed by atoms with van der Waals surface area (Å²) in [5, 5.41) is 3.58. The second kappa shape index (κ2) is 5.49. The molecular weight excluding hydrogens is 293 g/mol. The fourth-order valence-corrected chi connectivity index (χ4v) is 2.76. The SMILES string of the molecule is C=CCOCn1c2ccc(Cl)cc2c2cc(Cl)ccc21. The van der Waals surface area contributed by atoms with Crippen LogP contribution in [-0.4, -0.2) is 11.2 Å². The van der Waals surface area contributed by atoms with E-state index in [2.05, 4.69) is 11.1 Å². The predicted molar refractivity (Wildman–Crippen MR) is 85.6 cm³/mol. The maximum atomic E-state index is 6.11. The van der Waals surface area contributed by atoms with Crippen molar-refractivity contribution in [2.24, 2.45) is 0 Å². The van der Waals surface area contributed by atoms with Crippen LogP contribution in [0.15, 0.2) is 49.1 Å². The van der Waals surface area contributed by atoms with Crippen molar-refractivity contribution in [1.29, 1.82) is 0 Å². The molecule has 0 bridgehead atoms. The summed E-state index contributed by atoms with van der Waals surface area (Å²) in [6.45, 7) is 4.64. The summed E-state index contributed by atoms with van der Waals surface area (Å²) in [5.74, 6) is 0. The first-order valence-corrected chi connectivity index (χ1v) is 7.02. The molecule has 0 radical (unpaired) electrons. The lowest BCUT2D eigenvalue weighted by Gasteiger charge is -2.07. The van der Waals surface area contributed by atoms with Crippen LogP contribution in [0, 0.1) is 0 Å². The Morgan fingerprint density at radius 2 is 1.55 bits per heavy atom. The molecule has 0 spiro atoms. The van der Waals surface area contributed by atoms with Crippen molar-refractivity contribution < 1.29 is 4.74 Å². The molecule has 0 amide bonds. The van der Waals surface area contributed by atoms with Crippen molar-refractivity contribution in [2.45, 2.75) is 6.73 Å². The van der Waals surface area contributed by atoms with Gasteiger partial charge in [-0.05, 0) is 36.4 Å². The van der Waals surface area contributed by atoms with E-state index in [1.165, 1.54) is 0 Å². The van der Waals surface area contributed by atoms with Crippen LogP contribution < -0.4 is 0 Å². The Kier molecular flexibility index (Phi) is 3.70. The van der Waals surface area contributed by atoms with Crippen LogP contribution >= 0.6 is 23.2 Å². The van der Waals surface area contributed by atoms with E-state index in [9.17, 15) is 0 Å². The number of rotatable bonds is 4. The summed E-state index contributed by atoms with van der Waals surface area (Å²) in [7, 11) is 0. The lowest BCUT2D eigenvalue weighted by atomic mass is 10.1. The first-order valence-electron chi connectivity index (χ1n) is 6.26. The van der Waals surface area contributed by atoms with E-state index in [1.54, 1.807) is 6.08 Å². The van der Waals surface area contributed by atoms with E-state index in [1.807, 2.05) is 36.4 Å². The Morgan fingerprint density at radius 1 is 1.00 bits per heavy atom. The lowest BCUT2D eigenvalue weighted by molar-refractivity contribution is 0.106. The summed E-state index contributed by atoms with van der Waals surface area (Å²) in [4.78, 5) is 0. The molecule has 0 saturated carbocycles. The molecule has 0 atom stereocenters. The van der Waals surface area contributed by atoms with Crippen LogP contribution in [0.2, 0.25) is 10.0 Å². The molecule has 0 aliphatic rings. The molecule has 3 rings (SSSR count). The van der Waals surface area contributed by atoms with Crippen LogP contribution in [0.1, 0.15) is 0 Å². The number of hydrogen-bond donors (Lipinski definition) is 0. The van der Waals surface area contributed by atoms with E-state index in [4.69, 9.17) is 27.9 Å². The van der Waals surface area contributed by atoms with E-state index < -0.39 is 0 Å². The first-order chi connectivity index (χ1) is 9.70. The Balaban J connectivity index is 2.26. The van der Waals surface area contributed by atoms with Crippen LogP contribution in [0.4, 0.5) is 0 Å². The molecule has 0 unspecified atom stereocenters. The molecule has 0 saturated heterocycles. The minimum absolute atomic E-state index is 0.468. The minimum Gasteiger partial charge on any atom is -0.357 e. The highest BCUT2D eigenvalue weighted by molar-refractivity contribution is 6.33. The quantitative estimate of drug-likeness (QED) is 0.473. The molecule has 0 fully saturated rings. The second-order valence-corrected chi connectivity index (χ2v) is 5.41. The monoisotopic (exact) mass is 305 g/mol. The second-order valence-electron chi connectivity index (χ2n) is 4.54. The molecule has 2 aromatic carbocycles. The van der Waals surface area contributed by atoms with Gasteiger partial charge in [-0.25, -0.2) is 0 Å².